The van der Waals surface area contributed by atoms with E-state index in [9.17, 15) is 0 Å². The third kappa shape index (κ3) is 3.85. The van der Waals surface area contributed by atoms with E-state index in [0.29, 0.717) is 5.76 Å². The van der Waals surface area contributed by atoms with E-state index in [1.807, 2.05) is 12.1 Å². The molecule has 2 nitrogen and oxygen atoms in total. The zero-order valence-corrected chi connectivity index (χ0v) is 16.1. The lowest BCUT2D eigenvalue weighted by Gasteiger charge is -2.07. The fraction of sp³-hybridized carbons (Fsp3) is 0.192. The van der Waals surface area contributed by atoms with E-state index in [1.165, 1.54) is 36.0 Å². The van der Waals surface area contributed by atoms with Crippen LogP contribution in [-0.2, 0) is 6.42 Å². The molecule has 0 saturated heterocycles. The molecular weight excluding hydrogens is 342 g/mol. The lowest BCUT2D eigenvalue weighted by Crippen LogP contribution is -1.86. The number of benzene rings is 3. The van der Waals surface area contributed by atoms with Crippen LogP contribution in [0.3, 0.4) is 0 Å². The van der Waals surface area contributed by atoms with Crippen molar-refractivity contribution in [1.82, 2.24) is 0 Å². The molecule has 0 amide bonds. The van der Waals surface area contributed by atoms with Crippen LogP contribution in [0.4, 0.5) is 0 Å². The van der Waals surface area contributed by atoms with Crippen molar-refractivity contribution >= 4 is 11.0 Å². The second kappa shape index (κ2) is 8.15. The van der Waals surface area contributed by atoms with Gasteiger partial charge in [-0.15, -0.1) is 0 Å². The van der Waals surface area contributed by atoms with Crippen LogP contribution in [-0.4, -0.2) is 0 Å². The molecule has 4 aromatic rings. The smallest absolute Gasteiger partial charge is 0.204 e. The first-order chi connectivity index (χ1) is 13.8. The number of aryl methyl sites for hydroxylation is 1. The normalized spacial score (nSPS) is 10.9. The molecule has 138 valence electrons. The molecule has 0 saturated carbocycles. The van der Waals surface area contributed by atoms with Crippen molar-refractivity contribution in [1.29, 1.82) is 5.26 Å². The van der Waals surface area contributed by atoms with Gasteiger partial charge in [0.1, 0.15) is 11.7 Å². The van der Waals surface area contributed by atoms with Crippen LogP contribution in [0.1, 0.15) is 37.5 Å². The predicted molar refractivity (Wildman–Crippen MR) is 115 cm³/mol. The standard InChI is InChI=1S/C26H23NO/c1-2-3-4-5-19-6-8-20(9-7-19)21-10-12-22(13-11-21)23-14-15-26-24(16-23)17-25(18-27)28-26/h6-17H,2-5H2,1H3. The highest BCUT2D eigenvalue weighted by Gasteiger charge is 2.06. The Balaban J connectivity index is 1.53. The maximum atomic E-state index is 8.99. The minimum Gasteiger partial charge on any atom is -0.446 e. The predicted octanol–water partition coefficient (Wildman–Crippen LogP) is 7.37. The van der Waals surface area contributed by atoms with Gasteiger partial charge in [0.25, 0.3) is 0 Å². The lowest BCUT2D eigenvalue weighted by atomic mass is 9.98. The Labute approximate surface area is 166 Å². The van der Waals surface area contributed by atoms with Crippen molar-refractivity contribution in [3.8, 4) is 28.3 Å². The first-order valence-corrected chi connectivity index (χ1v) is 9.90. The molecule has 4 rings (SSSR count). The Morgan fingerprint density at radius 2 is 1.36 bits per heavy atom. The fourth-order valence-corrected chi connectivity index (χ4v) is 3.58. The summed E-state index contributed by atoms with van der Waals surface area (Å²) in [5.74, 6) is 0.348. The van der Waals surface area contributed by atoms with Crippen molar-refractivity contribution < 1.29 is 4.42 Å². The van der Waals surface area contributed by atoms with Crippen molar-refractivity contribution in [2.45, 2.75) is 32.6 Å². The Morgan fingerprint density at radius 1 is 0.750 bits per heavy atom. The lowest BCUT2D eigenvalue weighted by molar-refractivity contribution is 0.599. The second-order valence-electron chi connectivity index (χ2n) is 7.21. The van der Waals surface area contributed by atoms with Gasteiger partial charge < -0.3 is 4.42 Å². The molecule has 0 bridgehead atoms. The Kier molecular flexibility index (Phi) is 5.26. The van der Waals surface area contributed by atoms with Crippen LogP contribution < -0.4 is 0 Å². The Hall–Kier alpha value is -3.31. The van der Waals surface area contributed by atoms with E-state index < -0.39 is 0 Å². The summed E-state index contributed by atoms with van der Waals surface area (Å²) >= 11 is 0. The van der Waals surface area contributed by atoms with Crippen LogP contribution in [0.5, 0.6) is 0 Å². The molecule has 3 aromatic carbocycles. The zero-order chi connectivity index (χ0) is 19.3. The van der Waals surface area contributed by atoms with E-state index in [-0.39, 0.29) is 0 Å². The molecular formula is C26H23NO. The summed E-state index contributed by atoms with van der Waals surface area (Å²) in [4.78, 5) is 0. The maximum Gasteiger partial charge on any atom is 0.204 e. The molecule has 0 aliphatic rings. The summed E-state index contributed by atoms with van der Waals surface area (Å²) in [6.07, 6.45) is 4.99. The largest absolute Gasteiger partial charge is 0.446 e. The molecule has 1 heterocycles. The van der Waals surface area contributed by atoms with Crippen LogP contribution in [0.2, 0.25) is 0 Å². The number of hydrogen-bond acceptors (Lipinski definition) is 2. The van der Waals surface area contributed by atoms with Gasteiger partial charge in [-0.25, -0.2) is 0 Å². The number of rotatable bonds is 6. The highest BCUT2D eigenvalue weighted by atomic mass is 16.3. The summed E-state index contributed by atoms with van der Waals surface area (Å²) in [5, 5.41) is 9.95. The highest BCUT2D eigenvalue weighted by Crippen LogP contribution is 2.29. The van der Waals surface area contributed by atoms with E-state index in [4.69, 9.17) is 9.68 Å². The van der Waals surface area contributed by atoms with Crippen molar-refractivity contribution in [2.24, 2.45) is 0 Å². The molecule has 28 heavy (non-hydrogen) atoms. The fourth-order valence-electron chi connectivity index (χ4n) is 3.58. The molecule has 0 aliphatic carbocycles. The number of fused-ring (bicyclic) bond motifs is 1. The molecule has 0 atom stereocenters. The van der Waals surface area contributed by atoms with Crippen molar-refractivity contribution in [3.05, 3.63) is 84.1 Å². The minimum absolute atomic E-state index is 0.348. The summed E-state index contributed by atoms with van der Waals surface area (Å²) in [6.45, 7) is 2.24. The summed E-state index contributed by atoms with van der Waals surface area (Å²) in [6, 6.07) is 27.4. The van der Waals surface area contributed by atoms with Gasteiger partial charge in [0.05, 0.1) is 0 Å². The Morgan fingerprint density at radius 3 is 2.00 bits per heavy atom. The van der Waals surface area contributed by atoms with E-state index in [0.717, 1.165) is 28.5 Å². The van der Waals surface area contributed by atoms with Crippen molar-refractivity contribution in [3.63, 3.8) is 0 Å². The quantitative estimate of drug-likeness (QED) is 0.334. The van der Waals surface area contributed by atoms with Gasteiger partial charge in [-0.2, -0.15) is 5.26 Å². The third-order valence-corrected chi connectivity index (χ3v) is 5.20. The maximum absolute atomic E-state index is 8.99. The molecule has 0 fully saturated rings. The van der Waals surface area contributed by atoms with Crippen molar-refractivity contribution in [2.75, 3.05) is 0 Å². The topological polar surface area (TPSA) is 36.9 Å². The molecule has 0 aliphatic heterocycles. The van der Waals surface area contributed by atoms with Gasteiger partial charge >= 0.3 is 0 Å². The highest BCUT2D eigenvalue weighted by molar-refractivity contribution is 5.85. The van der Waals surface area contributed by atoms with Crippen LogP contribution in [0.25, 0.3) is 33.2 Å². The number of nitrogens with zero attached hydrogens (tertiary/aromatic N) is 1. The first-order valence-electron chi connectivity index (χ1n) is 9.90. The molecule has 0 radical (unpaired) electrons. The SMILES string of the molecule is CCCCCc1ccc(-c2ccc(-c3ccc4oc(C#N)cc4c3)cc2)cc1. The molecule has 0 N–H and O–H groups in total. The zero-order valence-electron chi connectivity index (χ0n) is 16.1. The summed E-state index contributed by atoms with van der Waals surface area (Å²) < 4.78 is 5.46. The van der Waals surface area contributed by atoms with Gasteiger partial charge in [-0.05, 0) is 52.8 Å². The molecule has 1 aromatic heterocycles. The summed E-state index contributed by atoms with van der Waals surface area (Å²) in [5.41, 5.74) is 6.90. The van der Waals surface area contributed by atoms with E-state index >= 15 is 0 Å². The average molecular weight is 365 g/mol. The molecule has 0 unspecified atom stereocenters. The van der Waals surface area contributed by atoms with Crippen LogP contribution >= 0.6 is 0 Å². The molecule has 2 heteroatoms. The number of nitriles is 1. The average Bonchev–Trinajstić information content (AvgIpc) is 3.17. The van der Waals surface area contributed by atoms with Gasteiger partial charge in [0.15, 0.2) is 0 Å². The monoisotopic (exact) mass is 365 g/mol. The van der Waals surface area contributed by atoms with Gasteiger partial charge in [0.2, 0.25) is 5.76 Å². The molecule has 0 spiro atoms. The van der Waals surface area contributed by atoms with Gasteiger partial charge in [0, 0.05) is 11.5 Å². The second-order valence-corrected chi connectivity index (χ2v) is 7.21. The van der Waals surface area contributed by atoms with Crippen LogP contribution in [0.15, 0.2) is 77.2 Å². The van der Waals surface area contributed by atoms with Crippen LogP contribution in [0, 0.1) is 11.3 Å². The van der Waals surface area contributed by atoms with Gasteiger partial charge in [-0.3, -0.25) is 0 Å². The third-order valence-electron chi connectivity index (χ3n) is 5.20. The minimum atomic E-state index is 0.348. The van der Waals surface area contributed by atoms with Gasteiger partial charge in [-0.1, -0.05) is 74.4 Å². The number of hydrogen-bond donors (Lipinski definition) is 0. The number of furan rings is 1. The number of unbranched alkanes of at least 4 members (excludes halogenated alkanes) is 2. The Bertz CT molecular complexity index is 1110. The van der Waals surface area contributed by atoms with E-state index in [1.54, 1.807) is 6.07 Å². The van der Waals surface area contributed by atoms with E-state index in [2.05, 4.69) is 67.6 Å². The summed E-state index contributed by atoms with van der Waals surface area (Å²) in [7, 11) is 0. The first kappa shape index (κ1) is 18.1.